The van der Waals surface area contributed by atoms with Crippen molar-refractivity contribution in [2.75, 3.05) is 7.11 Å². The number of thiophene rings is 1. The number of hydrogen-bond acceptors (Lipinski definition) is 4. The van der Waals surface area contributed by atoms with Gasteiger partial charge in [-0.2, -0.15) is 0 Å². The third kappa shape index (κ3) is 2.99. The van der Waals surface area contributed by atoms with Crippen LogP contribution in [0, 0.1) is 0 Å². The molecule has 3 rings (SSSR count). The van der Waals surface area contributed by atoms with Crippen LogP contribution >= 0.6 is 27.3 Å². The molecule has 0 aliphatic heterocycles. The zero-order valence-electron chi connectivity index (χ0n) is 11.3. The van der Waals surface area contributed by atoms with E-state index in [1.54, 1.807) is 24.6 Å². The maximum Gasteiger partial charge on any atom is 0.168 e. The Morgan fingerprint density at radius 3 is 2.95 bits per heavy atom. The highest BCUT2D eigenvalue weighted by molar-refractivity contribution is 9.10. The Morgan fingerprint density at radius 1 is 1.33 bits per heavy atom. The number of fused-ring (bicyclic) bond motifs is 1. The minimum atomic E-state index is 0.0647. The van der Waals surface area contributed by atoms with Gasteiger partial charge in [-0.05, 0) is 51.1 Å². The van der Waals surface area contributed by atoms with Gasteiger partial charge >= 0.3 is 0 Å². The van der Waals surface area contributed by atoms with E-state index in [9.17, 15) is 4.79 Å². The molecular formula is C16H12BrNO2S. The molecule has 0 saturated heterocycles. The highest BCUT2D eigenvalue weighted by Crippen LogP contribution is 2.26. The van der Waals surface area contributed by atoms with Gasteiger partial charge in [-0.3, -0.25) is 9.78 Å². The van der Waals surface area contributed by atoms with Crippen LogP contribution in [-0.4, -0.2) is 17.9 Å². The smallest absolute Gasteiger partial charge is 0.168 e. The third-order valence-corrected chi connectivity index (χ3v) is 4.68. The zero-order chi connectivity index (χ0) is 14.8. The second kappa shape index (κ2) is 5.95. The molecule has 0 fully saturated rings. The van der Waals surface area contributed by atoms with E-state index in [4.69, 9.17) is 4.74 Å². The fourth-order valence-electron chi connectivity index (χ4n) is 2.11. The van der Waals surface area contributed by atoms with Crippen molar-refractivity contribution in [3.05, 3.63) is 57.5 Å². The first-order valence-electron chi connectivity index (χ1n) is 6.36. The predicted octanol–water partition coefficient (Wildman–Crippen LogP) is 4.49. The van der Waals surface area contributed by atoms with Gasteiger partial charge in [0.1, 0.15) is 5.75 Å². The number of aromatic nitrogens is 1. The van der Waals surface area contributed by atoms with E-state index >= 15 is 0 Å². The molecule has 0 radical (unpaired) electrons. The van der Waals surface area contributed by atoms with Crippen molar-refractivity contribution in [3.8, 4) is 5.75 Å². The summed E-state index contributed by atoms with van der Waals surface area (Å²) in [6.45, 7) is 0. The van der Waals surface area contributed by atoms with E-state index in [-0.39, 0.29) is 5.78 Å². The lowest BCUT2D eigenvalue weighted by molar-refractivity contribution is 0.0993. The summed E-state index contributed by atoms with van der Waals surface area (Å²) in [5.41, 5.74) is 2.53. The summed E-state index contributed by atoms with van der Waals surface area (Å²) >= 11 is 5.03. The van der Waals surface area contributed by atoms with E-state index in [0.29, 0.717) is 12.0 Å². The van der Waals surface area contributed by atoms with Crippen LogP contribution in [0.3, 0.4) is 0 Å². The van der Waals surface area contributed by atoms with Crippen molar-refractivity contribution >= 4 is 43.3 Å². The normalized spacial score (nSPS) is 10.8. The van der Waals surface area contributed by atoms with Gasteiger partial charge in [0.2, 0.25) is 0 Å². The fourth-order valence-corrected chi connectivity index (χ4v) is 3.47. The minimum Gasteiger partial charge on any atom is -0.496 e. The number of carbonyl (C=O) groups excluding carboxylic acids is 1. The van der Waals surface area contributed by atoms with Crippen LogP contribution < -0.4 is 4.74 Å². The highest BCUT2D eigenvalue weighted by atomic mass is 79.9. The second-order valence-corrected chi connectivity index (χ2v) is 6.40. The third-order valence-electron chi connectivity index (χ3n) is 3.21. The van der Waals surface area contributed by atoms with Gasteiger partial charge in [0.15, 0.2) is 5.78 Å². The molecule has 0 saturated carbocycles. The highest BCUT2D eigenvalue weighted by Gasteiger charge is 2.10. The lowest BCUT2D eigenvalue weighted by atomic mass is 10.0. The van der Waals surface area contributed by atoms with Gasteiger partial charge in [-0.15, -0.1) is 11.3 Å². The Labute approximate surface area is 134 Å². The largest absolute Gasteiger partial charge is 0.496 e. The molecule has 0 aliphatic rings. The maximum atomic E-state index is 12.4. The number of methoxy groups -OCH3 is 1. The number of benzene rings is 1. The van der Waals surface area contributed by atoms with Gasteiger partial charge in [-0.1, -0.05) is 6.07 Å². The number of ether oxygens (including phenoxy) is 1. The molecule has 0 aliphatic carbocycles. The minimum absolute atomic E-state index is 0.0647. The average molecular weight is 362 g/mol. The molecule has 1 aromatic carbocycles. The molecule has 5 heteroatoms. The number of carbonyl (C=O) groups is 1. The molecule has 106 valence electrons. The molecule has 0 N–H and O–H groups in total. The maximum absolute atomic E-state index is 12.4. The molecule has 0 unspecified atom stereocenters. The number of halogens is 1. The van der Waals surface area contributed by atoms with Crippen molar-refractivity contribution in [2.24, 2.45) is 0 Å². The molecule has 3 aromatic rings. The fraction of sp³-hybridized carbons (Fsp3) is 0.125. The average Bonchev–Trinajstić information content (AvgIpc) is 2.94. The first-order valence-corrected chi connectivity index (χ1v) is 8.03. The number of pyridine rings is 1. The van der Waals surface area contributed by atoms with Crippen LogP contribution in [-0.2, 0) is 6.42 Å². The standard InChI is InChI=1S/C16H12BrNO2S/c1-20-15-3-2-10(6-12(15)17)7-14(19)11-8-16-13(18-9-11)4-5-21-16/h2-6,8-9H,7H2,1H3. The number of rotatable bonds is 4. The van der Waals surface area contributed by atoms with E-state index in [1.165, 1.54) is 0 Å². The van der Waals surface area contributed by atoms with Gasteiger partial charge in [0.05, 0.1) is 21.8 Å². The lowest BCUT2D eigenvalue weighted by Gasteiger charge is -2.06. The first kappa shape index (κ1) is 14.2. The summed E-state index contributed by atoms with van der Waals surface area (Å²) in [6.07, 6.45) is 2.00. The molecule has 0 amide bonds. The Balaban J connectivity index is 1.83. The van der Waals surface area contributed by atoms with Crippen LogP contribution in [0.25, 0.3) is 10.2 Å². The van der Waals surface area contributed by atoms with Gasteiger partial charge in [0, 0.05) is 18.2 Å². The second-order valence-electron chi connectivity index (χ2n) is 4.60. The molecular weight excluding hydrogens is 350 g/mol. The summed E-state index contributed by atoms with van der Waals surface area (Å²) in [7, 11) is 1.62. The molecule has 2 aromatic heterocycles. The quantitative estimate of drug-likeness (QED) is 0.642. The summed E-state index contributed by atoms with van der Waals surface area (Å²) in [6, 6.07) is 9.53. The first-order chi connectivity index (χ1) is 10.2. The monoisotopic (exact) mass is 361 g/mol. The van der Waals surface area contributed by atoms with Crippen LogP contribution in [0.5, 0.6) is 5.75 Å². The molecule has 2 heterocycles. The summed E-state index contributed by atoms with van der Waals surface area (Å²) < 4.78 is 7.08. The number of nitrogens with zero attached hydrogens (tertiary/aromatic N) is 1. The van der Waals surface area contributed by atoms with Crippen LogP contribution in [0.1, 0.15) is 15.9 Å². The van der Waals surface area contributed by atoms with Crippen molar-refractivity contribution in [3.63, 3.8) is 0 Å². The van der Waals surface area contributed by atoms with E-state index in [1.807, 2.05) is 35.7 Å². The Kier molecular flexibility index (Phi) is 4.03. The summed E-state index contributed by atoms with van der Waals surface area (Å²) in [5.74, 6) is 0.822. The van der Waals surface area contributed by atoms with E-state index in [2.05, 4.69) is 20.9 Å². The number of hydrogen-bond donors (Lipinski definition) is 0. The molecule has 0 spiro atoms. The number of ketones is 1. The SMILES string of the molecule is COc1ccc(CC(=O)c2cnc3ccsc3c2)cc1Br. The lowest BCUT2D eigenvalue weighted by Crippen LogP contribution is -2.04. The van der Waals surface area contributed by atoms with Gasteiger partial charge < -0.3 is 4.74 Å². The van der Waals surface area contributed by atoms with Crippen molar-refractivity contribution < 1.29 is 9.53 Å². The molecule has 21 heavy (non-hydrogen) atoms. The molecule has 3 nitrogen and oxygen atoms in total. The Bertz CT molecular complexity index is 813. The van der Waals surface area contributed by atoms with Crippen LogP contribution in [0.4, 0.5) is 0 Å². The summed E-state index contributed by atoms with van der Waals surface area (Å²) in [5, 5.41) is 1.98. The van der Waals surface area contributed by atoms with Gasteiger partial charge in [0.25, 0.3) is 0 Å². The van der Waals surface area contributed by atoms with Crippen molar-refractivity contribution in [1.29, 1.82) is 0 Å². The summed E-state index contributed by atoms with van der Waals surface area (Å²) in [4.78, 5) is 16.7. The Hall–Kier alpha value is -1.72. The predicted molar refractivity (Wildman–Crippen MR) is 88.3 cm³/mol. The van der Waals surface area contributed by atoms with Crippen molar-refractivity contribution in [2.45, 2.75) is 6.42 Å². The molecule has 0 atom stereocenters. The van der Waals surface area contributed by atoms with E-state index < -0.39 is 0 Å². The Morgan fingerprint density at radius 2 is 2.19 bits per heavy atom. The topological polar surface area (TPSA) is 39.2 Å². The number of Topliss-reactive ketones (excluding diaryl/α,β-unsaturated/α-hetero) is 1. The van der Waals surface area contributed by atoms with Crippen molar-refractivity contribution in [1.82, 2.24) is 4.98 Å². The van der Waals surface area contributed by atoms with Crippen LogP contribution in [0.15, 0.2) is 46.4 Å². The van der Waals surface area contributed by atoms with Crippen LogP contribution in [0.2, 0.25) is 0 Å². The molecule has 0 bridgehead atoms. The van der Waals surface area contributed by atoms with E-state index in [0.717, 1.165) is 26.0 Å². The van der Waals surface area contributed by atoms with Gasteiger partial charge in [-0.25, -0.2) is 0 Å². The zero-order valence-corrected chi connectivity index (χ0v) is 13.7.